The topological polar surface area (TPSA) is 36.1 Å². The summed E-state index contributed by atoms with van der Waals surface area (Å²) in [5, 5.41) is 0. The molecule has 1 aromatic rings. The number of aryl methyl sites for hydroxylation is 1. The van der Waals surface area contributed by atoms with Gasteiger partial charge in [0.25, 0.3) is 5.56 Å². The van der Waals surface area contributed by atoms with E-state index < -0.39 is 0 Å². The summed E-state index contributed by atoms with van der Waals surface area (Å²) in [6, 6.07) is 3.79. The van der Waals surface area contributed by atoms with Crippen molar-refractivity contribution in [3.8, 4) is 0 Å². The molecule has 0 aromatic carbocycles. The number of pyridine rings is 1. The molecule has 0 atom stereocenters. The lowest BCUT2D eigenvalue weighted by Gasteiger charge is -2.08. The second kappa shape index (κ2) is 3.54. The first kappa shape index (κ1) is 9.00. The van der Waals surface area contributed by atoms with Crippen molar-refractivity contribution in [1.29, 1.82) is 0 Å². The van der Waals surface area contributed by atoms with Gasteiger partial charge in [-0.2, -0.15) is 0 Å². The third-order valence-corrected chi connectivity index (χ3v) is 1.62. The van der Waals surface area contributed by atoms with Gasteiger partial charge in [0.1, 0.15) is 0 Å². The van der Waals surface area contributed by atoms with E-state index in [-0.39, 0.29) is 5.56 Å². The van der Waals surface area contributed by atoms with Crippen molar-refractivity contribution in [2.24, 2.45) is 0 Å². The number of H-pyrrole nitrogens is 1. The number of hydrogen-bond acceptors (Lipinski definition) is 2. The normalized spacial score (nSPS) is 10.7. The fourth-order valence-corrected chi connectivity index (χ4v) is 1.07. The highest BCUT2D eigenvalue weighted by atomic mass is 16.1. The zero-order chi connectivity index (χ0) is 9.14. The second-order valence-electron chi connectivity index (χ2n) is 3.23. The van der Waals surface area contributed by atoms with E-state index in [0.717, 1.165) is 11.3 Å². The summed E-state index contributed by atoms with van der Waals surface area (Å²) in [5.74, 6) is 0. The van der Waals surface area contributed by atoms with Crippen LogP contribution in [0.5, 0.6) is 0 Å². The first-order chi connectivity index (χ1) is 5.59. The number of nitrogens with zero attached hydrogens (tertiary/aromatic N) is 1. The Hall–Kier alpha value is -1.09. The highest BCUT2D eigenvalue weighted by Gasteiger charge is 1.99. The minimum absolute atomic E-state index is 0.0173. The van der Waals surface area contributed by atoms with Crippen LogP contribution in [0.25, 0.3) is 0 Å². The number of aromatic nitrogens is 1. The van der Waals surface area contributed by atoms with Gasteiger partial charge in [-0.3, -0.25) is 4.79 Å². The van der Waals surface area contributed by atoms with Gasteiger partial charge in [0.2, 0.25) is 0 Å². The van der Waals surface area contributed by atoms with Crippen molar-refractivity contribution in [1.82, 2.24) is 9.88 Å². The minimum atomic E-state index is 0.0173. The van der Waals surface area contributed by atoms with E-state index in [9.17, 15) is 4.79 Å². The predicted octanol–water partition coefficient (Wildman–Crippen LogP) is 0.745. The van der Waals surface area contributed by atoms with Gasteiger partial charge in [-0.15, -0.1) is 0 Å². The summed E-state index contributed by atoms with van der Waals surface area (Å²) < 4.78 is 0. The third kappa shape index (κ3) is 2.20. The molecule has 0 saturated heterocycles. The van der Waals surface area contributed by atoms with Crippen LogP contribution in [0.4, 0.5) is 0 Å². The maximum absolute atomic E-state index is 11.3. The Balaban J connectivity index is 2.94. The van der Waals surface area contributed by atoms with Crippen LogP contribution >= 0.6 is 0 Å². The Morgan fingerprint density at radius 3 is 2.58 bits per heavy atom. The molecule has 0 unspecified atom stereocenters. The second-order valence-corrected chi connectivity index (χ2v) is 3.23. The first-order valence-corrected chi connectivity index (χ1v) is 3.93. The number of aromatic amines is 1. The lowest BCUT2D eigenvalue weighted by molar-refractivity contribution is 0.400. The molecule has 0 saturated carbocycles. The quantitative estimate of drug-likeness (QED) is 0.703. The first-order valence-electron chi connectivity index (χ1n) is 3.93. The van der Waals surface area contributed by atoms with E-state index in [1.54, 1.807) is 0 Å². The van der Waals surface area contributed by atoms with Crippen molar-refractivity contribution < 1.29 is 0 Å². The van der Waals surface area contributed by atoms with Crippen molar-refractivity contribution in [3.63, 3.8) is 0 Å². The van der Waals surface area contributed by atoms with Crippen molar-refractivity contribution in [3.05, 3.63) is 33.7 Å². The minimum Gasteiger partial charge on any atom is -0.326 e. The molecule has 3 nitrogen and oxygen atoms in total. The summed E-state index contributed by atoms with van der Waals surface area (Å²) in [7, 11) is 3.89. The average Bonchev–Trinajstić information content (AvgIpc) is 1.94. The molecular formula is C9H14N2O. The fourth-order valence-electron chi connectivity index (χ4n) is 1.07. The highest BCUT2D eigenvalue weighted by molar-refractivity contribution is 5.13. The van der Waals surface area contributed by atoms with Crippen LogP contribution in [-0.2, 0) is 6.54 Å². The molecule has 0 fully saturated rings. The van der Waals surface area contributed by atoms with E-state index in [2.05, 4.69) is 4.98 Å². The Kier molecular flexibility index (Phi) is 2.65. The van der Waals surface area contributed by atoms with Crippen LogP contribution in [-0.4, -0.2) is 24.0 Å². The lowest BCUT2D eigenvalue weighted by atomic mass is 10.2. The van der Waals surface area contributed by atoms with Crippen molar-refractivity contribution >= 4 is 0 Å². The summed E-state index contributed by atoms with van der Waals surface area (Å²) in [6.07, 6.45) is 0. The van der Waals surface area contributed by atoms with Crippen molar-refractivity contribution in [2.45, 2.75) is 13.5 Å². The Labute approximate surface area is 72.0 Å². The van der Waals surface area contributed by atoms with Gasteiger partial charge in [-0.1, -0.05) is 6.07 Å². The van der Waals surface area contributed by atoms with Gasteiger partial charge in [0, 0.05) is 17.8 Å². The monoisotopic (exact) mass is 166 g/mol. The molecule has 12 heavy (non-hydrogen) atoms. The summed E-state index contributed by atoms with van der Waals surface area (Å²) in [6.45, 7) is 2.57. The molecule has 0 bridgehead atoms. The van der Waals surface area contributed by atoms with Gasteiger partial charge in [-0.05, 0) is 27.1 Å². The number of rotatable bonds is 2. The van der Waals surface area contributed by atoms with E-state index in [4.69, 9.17) is 0 Å². The van der Waals surface area contributed by atoms with Crippen LogP contribution in [0.2, 0.25) is 0 Å². The van der Waals surface area contributed by atoms with E-state index in [1.165, 1.54) is 0 Å². The molecule has 0 aliphatic rings. The summed E-state index contributed by atoms with van der Waals surface area (Å²) in [5.41, 5.74) is 1.73. The Morgan fingerprint density at radius 2 is 2.08 bits per heavy atom. The maximum Gasteiger partial charge on any atom is 0.252 e. The van der Waals surface area contributed by atoms with Crippen LogP contribution < -0.4 is 5.56 Å². The van der Waals surface area contributed by atoms with Gasteiger partial charge >= 0.3 is 0 Å². The molecule has 1 N–H and O–H groups in total. The Morgan fingerprint density at radius 1 is 1.42 bits per heavy atom. The maximum atomic E-state index is 11.3. The number of hydrogen-bond donors (Lipinski definition) is 1. The van der Waals surface area contributed by atoms with Gasteiger partial charge in [-0.25, -0.2) is 0 Å². The molecule has 1 aromatic heterocycles. The van der Waals surface area contributed by atoms with Gasteiger partial charge < -0.3 is 9.88 Å². The molecule has 3 heteroatoms. The van der Waals surface area contributed by atoms with Crippen LogP contribution in [0.15, 0.2) is 16.9 Å². The lowest BCUT2D eigenvalue weighted by Crippen LogP contribution is -2.20. The van der Waals surface area contributed by atoms with Crippen molar-refractivity contribution in [2.75, 3.05) is 14.1 Å². The molecule has 0 amide bonds. The largest absolute Gasteiger partial charge is 0.326 e. The fraction of sp³-hybridized carbons (Fsp3) is 0.444. The molecular weight excluding hydrogens is 152 g/mol. The molecule has 66 valence electrons. The van der Waals surface area contributed by atoms with Crippen LogP contribution in [0, 0.1) is 6.92 Å². The standard InChI is InChI=1S/C9H14N2O/c1-7-4-5-8(6-11(2)3)9(12)10-7/h4-5H,6H2,1-3H3,(H,10,12). The van der Waals surface area contributed by atoms with Gasteiger partial charge in [0.05, 0.1) is 0 Å². The zero-order valence-corrected chi connectivity index (χ0v) is 7.72. The summed E-state index contributed by atoms with van der Waals surface area (Å²) in [4.78, 5) is 16.0. The van der Waals surface area contributed by atoms with E-state index in [1.807, 2.05) is 38.1 Å². The Bertz CT molecular complexity index is 315. The molecule has 0 radical (unpaired) electrons. The zero-order valence-electron chi connectivity index (χ0n) is 7.72. The highest BCUT2D eigenvalue weighted by Crippen LogP contribution is 1.95. The molecule has 0 spiro atoms. The smallest absolute Gasteiger partial charge is 0.252 e. The number of nitrogens with one attached hydrogen (secondary N) is 1. The van der Waals surface area contributed by atoms with Crippen LogP contribution in [0.3, 0.4) is 0 Å². The van der Waals surface area contributed by atoms with Gasteiger partial charge in [0.15, 0.2) is 0 Å². The summed E-state index contributed by atoms with van der Waals surface area (Å²) >= 11 is 0. The van der Waals surface area contributed by atoms with E-state index >= 15 is 0 Å². The molecule has 0 aliphatic carbocycles. The molecule has 0 aliphatic heterocycles. The SMILES string of the molecule is Cc1ccc(CN(C)C)c(=O)[nH]1. The predicted molar refractivity (Wildman–Crippen MR) is 49.2 cm³/mol. The van der Waals surface area contributed by atoms with E-state index in [0.29, 0.717) is 6.54 Å². The average molecular weight is 166 g/mol. The molecule has 1 heterocycles. The third-order valence-electron chi connectivity index (χ3n) is 1.62. The van der Waals surface area contributed by atoms with Crippen LogP contribution in [0.1, 0.15) is 11.3 Å². The molecule has 1 rings (SSSR count).